The highest BCUT2D eigenvalue weighted by molar-refractivity contribution is 5.76. The summed E-state index contributed by atoms with van der Waals surface area (Å²) in [7, 11) is 4.10. The molecule has 3 aromatic rings. The molecular formula is C24H28N2O2. The first-order valence-corrected chi connectivity index (χ1v) is 9.73. The second-order valence-electron chi connectivity index (χ2n) is 7.24. The molecule has 28 heavy (non-hydrogen) atoms. The number of amides is 1. The van der Waals surface area contributed by atoms with E-state index < -0.39 is 0 Å². The first-order chi connectivity index (χ1) is 13.6. The molecule has 0 radical (unpaired) electrons. The molecule has 0 aliphatic heterocycles. The predicted octanol–water partition coefficient (Wildman–Crippen LogP) is 4.17. The van der Waals surface area contributed by atoms with Crippen molar-refractivity contribution in [1.82, 2.24) is 10.2 Å². The van der Waals surface area contributed by atoms with Gasteiger partial charge in [0, 0.05) is 31.0 Å². The Bertz CT molecular complexity index is 857. The maximum Gasteiger partial charge on any atom is 0.220 e. The van der Waals surface area contributed by atoms with Gasteiger partial charge in [0.05, 0.1) is 0 Å². The molecule has 0 saturated heterocycles. The van der Waals surface area contributed by atoms with E-state index >= 15 is 0 Å². The average Bonchev–Trinajstić information content (AvgIpc) is 3.20. The van der Waals surface area contributed by atoms with Crippen LogP contribution in [0.2, 0.25) is 0 Å². The Balaban J connectivity index is 1.46. The lowest BCUT2D eigenvalue weighted by molar-refractivity contribution is -0.121. The van der Waals surface area contributed by atoms with Gasteiger partial charge >= 0.3 is 0 Å². The number of benzene rings is 2. The third-order valence-corrected chi connectivity index (χ3v) is 4.90. The molecule has 1 amide bonds. The summed E-state index contributed by atoms with van der Waals surface area (Å²) in [6.45, 7) is 0.633. The minimum atomic E-state index is 0.0533. The van der Waals surface area contributed by atoms with Crippen LogP contribution in [0.1, 0.15) is 17.7 Å². The van der Waals surface area contributed by atoms with Gasteiger partial charge in [0.1, 0.15) is 11.5 Å². The second-order valence-corrected chi connectivity index (χ2v) is 7.24. The van der Waals surface area contributed by atoms with Gasteiger partial charge in [-0.2, -0.15) is 0 Å². The Morgan fingerprint density at radius 1 is 0.964 bits per heavy atom. The predicted molar refractivity (Wildman–Crippen MR) is 113 cm³/mol. The van der Waals surface area contributed by atoms with Crippen LogP contribution < -0.4 is 5.32 Å². The van der Waals surface area contributed by atoms with Crippen molar-refractivity contribution < 1.29 is 9.21 Å². The number of aryl methyl sites for hydroxylation is 1. The number of likely N-dealkylation sites (N-methyl/N-ethyl adjacent to an activating group) is 1. The van der Waals surface area contributed by atoms with Crippen LogP contribution in [0, 0.1) is 0 Å². The van der Waals surface area contributed by atoms with Crippen molar-refractivity contribution in [1.29, 1.82) is 0 Å². The summed E-state index contributed by atoms with van der Waals surface area (Å²) >= 11 is 0. The van der Waals surface area contributed by atoms with Gasteiger partial charge in [0.15, 0.2) is 0 Å². The Hall–Kier alpha value is -2.85. The topological polar surface area (TPSA) is 45.5 Å². The van der Waals surface area contributed by atoms with E-state index in [1.54, 1.807) is 0 Å². The monoisotopic (exact) mass is 376 g/mol. The molecule has 1 heterocycles. The molecule has 4 heteroatoms. The first-order valence-electron chi connectivity index (χ1n) is 9.73. The van der Waals surface area contributed by atoms with Crippen molar-refractivity contribution in [3.63, 3.8) is 0 Å². The highest BCUT2D eigenvalue weighted by Crippen LogP contribution is 2.22. The van der Waals surface area contributed by atoms with E-state index in [0.717, 1.165) is 23.5 Å². The molecule has 146 valence electrons. The van der Waals surface area contributed by atoms with Crippen LogP contribution in [0.3, 0.4) is 0 Å². The van der Waals surface area contributed by atoms with Crippen LogP contribution in [-0.4, -0.2) is 37.5 Å². The number of hydrogen-bond donors (Lipinski definition) is 1. The fourth-order valence-corrected chi connectivity index (χ4v) is 3.15. The Labute approximate surface area is 167 Å². The molecule has 1 aromatic heterocycles. The van der Waals surface area contributed by atoms with Crippen LogP contribution in [0.4, 0.5) is 0 Å². The molecule has 1 unspecified atom stereocenters. The van der Waals surface area contributed by atoms with Gasteiger partial charge < -0.3 is 14.6 Å². The van der Waals surface area contributed by atoms with Gasteiger partial charge in [-0.1, -0.05) is 60.7 Å². The third-order valence-electron chi connectivity index (χ3n) is 4.90. The van der Waals surface area contributed by atoms with E-state index in [4.69, 9.17) is 4.42 Å². The van der Waals surface area contributed by atoms with Crippen LogP contribution in [-0.2, 0) is 17.6 Å². The molecule has 0 saturated carbocycles. The van der Waals surface area contributed by atoms with Crippen molar-refractivity contribution in [3.8, 4) is 11.3 Å². The van der Waals surface area contributed by atoms with E-state index in [9.17, 15) is 4.79 Å². The number of nitrogens with one attached hydrogen (secondary N) is 1. The normalized spacial score (nSPS) is 12.1. The lowest BCUT2D eigenvalue weighted by Gasteiger charge is -2.24. The molecule has 2 aromatic carbocycles. The molecular weight excluding hydrogens is 348 g/mol. The minimum Gasteiger partial charge on any atom is -0.461 e. The summed E-state index contributed by atoms with van der Waals surface area (Å²) < 4.78 is 5.87. The zero-order chi connectivity index (χ0) is 19.8. The van der Waals surface area contributed by atoms with Gasteiger partial charge in [-0.15, -0.1) is 0 Å². The summed E-state index contributed by atoms with van der Waals surface area (Å²) in [6.07, 6.45) is 1.93. The quantitative estimate of drug-likeness (QED) is 0.610. The molecule has 1 N–H and O–H groups in total. The molecule has 1 atom stereocenters. The smallest absolute Gasteiger partial charge is 0.220 e. The molecule has 3 rings (SSSR count). The number of rotatable bonds is 9. The van der Waals surface area contributed by atoms with E-state index in [0.29, 0.717) is 19.4 Å². The van der Waals surface area contributed by atoms with Crippen molar-refractivity contribution in [2.24, 2.45) is 0 Å². The summed E-state index contributed by atoms with van der Waals surface area (Å²) in [5, 5.41) is 3.07. The zero-order valence-corrected chi connectivity index (χ0v) is 16.6. The minimum absolute atomic E-state index is 0.0533. The van der Waals surface area contributed by atoms with Gasteiger partial charge in [0.25, 0.3) is 0 Å². The SMILES string of the molecule is CN(C)C(CNC(=O)CCc1ccc(-c2ccccc2)o1)Cc1ccccc1. The van der Waals surface area contributed by atoms with E-state index in [2.05, 4.69) is 22.3 Å². The van der Waals surface area contributed by atoms with E-state index in [1.807, 2.05) is 74.8 Å². The third kappa shape index (κ3) is 5.83. The summed E-state index contributed by atoms with van der Waals surface area (Å²) in [5.41, 5.74) is 2.33. The van der Waals surface area contributed by atoms with Crippen molar-refractivity contribution >= 4 is 5.91 Å². The standard InChI is InChI=1S/C24H28N2O2/c1-26(2)21(17-19-9-5-3-6-10-19)18-25-24(27)16-14-22-13-15-23(28-22)20-11-7-4-8-12-20/h3-13,15,21H,14,16-18H2,1-2H3,(H,25,27). The fourth-order valence-electron chi connectivity index (χ4n) is 3.15. The van der Waals surface area contributed by atoms with Gasteiger partial charge in [0.2, 0.25) is 5.91 Å². The largest absolute Gasteiger partial charge is 0.461 e. The Kier molecular flexibility index (Phi) is 7.04. The number of furan rings is 1. The van der Waals surface area contributed by atoms with Crippen LogP contribution >= 0.6 is 0 Å². The molecule has 0 bridgehead atoms. The molecule has 0 aliphatic carbocycles. The van der Waals surface area contributed by atoms with E-state index in [-0.39, 0.29) is 11.9 Å². The van der Waals surface area contributed by atoms with Crippen molar-refractivity contribution in [3.05, 3.63) is 84.1 Å². The summed E-state index contributed by atoms with van der Waals surface area (Å²) in [6, 6.07) is 24.5. The first kappa shape index (κ1) is 19.9. The average molecular weight is 377 g/mol. The maximum absolute atomic E-state index is 12.3. The van der Waals surface area contributed by atoms with E-state index in [1.165, 1.54) is 5.56 Å². The Morgan fingerprint density at radius 3 is 2.32 bits per heavy atom. The lowest BCUT2D eigenvalue weighted by atomic mass is 10.1. The van der Waals surface area contributed by atoms with Crippen molar-refractivity contribution in [2.75, 3.05) is 20.6 Å². The van der Waals surface area contributed by atoms with Crippen LogP contribution in [0.25, 0.3) is 11.3 Å². The van der Waals surface area contributed by atoms with Crippen LogP contribution in [0.5, 0.6) is 0 Å². The Morgan fingerprint density at radius 2 is 1.64 bits per heavy atom. The molecule has 0 fully saturated rings. The van der Waals surface area contributed by atoms with Crippen molar-refractivity contribution in [2.45, 2.75) is 25.3 Å². The summed E-state index contributed by atoms with van der Waals surface area (Å²) in [5.74, 6) is 1.73. The van der Waals surface area contributed by atoms with Gasteiger partial charge in [-0.25, -0.2) is 0 Å². The maximum atomic E-state index is 12.3. The lowest BCUT2D eigenvalue weighted by Crippen LogP contribution is -2.41. The zero-order valence-electron chi connectivity index (χ0n) is 16.6. The number of carbonyl (C=O) groups excluding carboxylic acids is 1. The fraction of sp³-hybridized carbons (Fsp3) is 0.292. The molecule has 4 nitrogen and oxygen atoms in total. The molecule has 0 spiro atoms. The number of hydrogen-bond acceptors (Lipinski definition) is 3. The number of nitrogens with zero attached hydrogens (tertiary/aromatic N) is 1. The van der Waals surface area contributed by atoms with Gasteiger partial charge in [-0.05, 0) is 38.2 Å². The highest BCUT2D eigenvalue weighted by atomic mass is 16.3. The number of carbonyl (C=O) groups is 1. The molecule has 0 aliphatic rings. The van der Waals surface area contributed by atoms with Gasteiger partial charge in [-0.3, -0.25) is 4.79 Å². The van der Waals surface area contributed by atoms with Crippen LogP contribution in [0.15, 0.2) is 77.2 Å². The summed E-state index contributed by atoms with van der Waals surface area (Å²) in [4.78, 5) is 14.5. The highest BCUT2D eigenvalue weighted by Gasteiger charge is 2.14. The second kappa shape index (κ2) is 9.90.